The van der Waals surface area contributed by atoms with Crippen molar-refractivity contribution in [2.75, 3.05) is 12.4 Å². The molecule has 0 saturated heterocycles. The Hall–Kier alpha value is -3.73. The lowest BCUT2D eigenvalue weighted by molar-refractivity contribution is 0.112. The van der Waals surface area contributed by atoms with Crippen molar-refractivity contribution in [2.24, 2.45) is 0 Å². The van der Waals surface area contributed by atoms with Crippen LogP contribution in [-0.4, -0.2) is 18.3 Å². The summed E-state index contributed by atoms with van der Waals surface area (Å²) in [6.07, 6.45) is 4.13. The van der Waals surface area contributed by atoms with Crippen LogP contribution in [0.2, 0.25) is 0 Å². The SMILES string of the molecule is CNc1ccc(C(C)C)c(C)c1.O=Cc1ccc(F)c(OCc2cncc3ccccc23)c1. The third-order valence-corrected chi connectivity index (χ3v) is 5.41. The quantitative estimate of drug-likeness (QED) is 0.328. The summed E-state index contributed by atoms with van der Waals surface area (Å²) >= 11 is 0. The van der Waals surface area contributed by atoms with E-state index in [4.69, 9.17) is 4.74 Å². The van der Waals surface area contributed by atoms with Gasteiger partial charge in [-0.3, -0.25) is 9.78 Å². The monoisotopic (exact) mass is 444 g/mol. The van der Waals surface area contributed by atoms with Crippen LogP contribution in [0.4, 0.5) is 10.1 Å². The van der Waals surface area contributed by atoms with E-state index in [0.29, 0.717) is 17.8 Å². The normalized spacial score (nSPS) is 10.5. The molecule has 4 aromatic rings. The van der Waals surface area contributed by atoms with Gasteiger partial charge in [-0.05, 0) is 59.7 Å². The van der Waals surface area contributed by atoms with Crippen LogP contribution in [0, 0.1) is 12.7 Å². The molecule has 1 N–H and O–H groups in total. The summed E-state index contributed by atoms with van der Waals surface area (Å²) in [7, 11) is 1.95. The average Bonchev–Trinajstić information content (AvgIpc) is 2.83. The Morgan fingerprint density at radius 1 is 1.06 bits per heavy atom. The van der Waals surface area contributed by atoms with Crippen molar-refractivity contribution in [1.82, 2.24) is 4.98 Å². The van der Waals surface area contributed by atoms with Gasteiger partial charge < -0.3 is 10.1 Å². The summed E-state index contributed by atoms with van der Waals surface area (Å²) in [6.45, 7) is 6.80. The number of aldehydes is 1. The molecular formula is C28H29FN2O2. The van der Waals surface area contributed by atoms with Crippen LogP contribution in [0.25, 0.3) is 10.8 Å². The van der Waals surface area contributed by atoms with E-state index in [1.165, 1.54) is 35.0 Å². The topological polar surface area (TPSA) is 51.2 Å². The molecule has 4 rings (SSSR count). The van der Waals surface area contributed by atoms with Gasteiger partial charge >= 0.3 is 0 Å². The number of ether oxygens (including phenoxy) is 1. The van der Waals surface area contributed by atoms with Crippen LogP contribution in [0.1, 0.15) is 46.8 Å². The number of carbonyl (C=O) groups is 1. The molecule has 0 amide bonds. The predicted octanol–water partition coefficient (Wildman–Crippen LogP) is 6.93. The molecule has 0 aliphatic rings. The number of rotatable bonds is 6. The van der Waals surface area contributed by atoms with Gasteiger partial charge in [-0.1, -0.05) is 44.2 Å². The second kappa shape index (κ2) is 11.2. The van der Waals surface area contributed by atoms with Crippen molar-refractivity contribution in [3.63, 3.8) is 0 Å². The summed E-state index contributed by atoms with van der Waals surface area (Å²) in [5, 5.41) is 5.15. The number of hydrogen-bond donors (Lipinski definition) is 1. The van der Waals surface area contributed by atoms with E-state index in [0.717, 1.165) is 16.3 Å². The molecule has 1 heterocycles. The third kappa shape index (κ3) is 6.16. The Kier molecular flexibility index (Phi) is 8.14. The number of nitrogens with zero attached hydrogens (tertiary/aromatic N) is 1. The first-order chi connectivity index (χ1) is 15.9. The minimum absolute atomic E-state index is 0.0625. The number of hydrogen-bond acceptors (Lipinski definition) is 4. The molecule has 0 spiro atoms. The van der Waals surface area contributed by atoms with E-state index in [-0.39, 0.29) is 12.4 Å². The smallest absolute Gasteiger partial charge is 0.165 e. The van der Waals surface area contributed by atoms with Gasteiger partial charge in [0.1, 0.15) is 12.9 Å². The highest BCUT2D eigenvalue weighted by Crippen LogP contribution is 2.23. The summed E-state index contributed by atoms with van der Waals surface area (Å²) in [5.74, 6) is 0.192. The minimum atomic E-state index is -0.492. The number of anilines is 1. The highest BCUT2D eigenvalue weighted by atomic mass is 19.1. The van der Waals surface area contributed by atoms with Gasteiger partial charge in [0.15, 0.2) is 11.6 Å². The van der Waals surface area contributed by atoms with Gasteiger partial charge in [0, 0.05) is 41.6 Å². The van der Waals surface area contributed by atoms with Gasteiger partial charge in [0.05, 0.1) is 0 Å². The summed E-state index contributed by atoms with van der Waals surface area (Å²) in [6, 6.07) is 18.3. The zero-order valence-corrected chi connectivity index (χ0v) is 19.4. The van der Waals surface area contributed by atoms with Crippen LogP contribution in [0.15, 0.2) is 73.1 Å². The van der Waals surface area contributed by atoms with Crippen LogP contribution < -0.4 is 10.1 Å². The van der Waals surface area contributed by atoms with Crippen molar-refractivity contribution >= 4 is 22.7 Å². The number of nitrogens with one attached hydrogen (secondary N) is 1. The lowest BCUT2D eigenvalue weighted by atomic mass is 9.98. The zero-order chi connectivity index (χ0) is 23.8. The second-order valence-corrected chi connectivity index (χ2v) is 8.09. The number of aromatic nitrogens is 1. The summed E-state index contributed by atoms with van der Waals surface area (Å²) in [4.78, 5) is 14.9. The highest BCUT2D eigenvalue weighted by Gasteiger charge is 2.07. The van der Waals surface area contributed by atoms with E-state index in [1.54, 1.807) is 12.4 Å². The van der Waals surface area contributed by atoms with Crippen LogP contribution in [0.5, 0.6) is 5.75 Å². The Bertz CT molecular complexity index is 1230. The molecule has 0 fully saturated rings. The first kappa shape index (κ1) is 23.9. The fourth-order valence-corrected chi connectivity index (χ4v) is 3.63. The maximum atomic E-state index is 13.7. The molecule has 170 valence electrons. The summed E-state index contributed by atoms with van der Waals surface area (Å²) < 4.78 is 19.2. The lowest BCUT2D eigenvalue weighted by Crippen LogP contribution is -1.99. The number of carbonyl (C=O) groups excluding carboxylic acids is 1. The minimum Gasteiger partial charge on any atom is -0.486 e. The van der Waals surface area contributed by atoms with Crippen molar-refractivity contribution in [3.8, 4) is 5.75 Å². The number of pyridine rings is 1. The molecule has 5 heteroatoms. The fourth-order valence-electron chi connectivity index (χ4n) is 3.63. The molecule has 0 bridgehead atoms. The first-order valence-electron chi connectivity index (χ1n) is 10.9. The lowest BCUT2D eigenvalue weighted by Gasteiger charge is -2.10. The van der Waals surface area contributed by atoms with Gasteiger partial charge in [0.25, 0.3) is 0 Å². The average molecular weight is 445 g/mol. The molecular weight excluding hydrogens is 415 g/mol. The second-order valence-electron chi connectivity index (χ2n) is 8.09. The van der Waals surface area contributed by atoms with E-state index in [1.807, 2.05) is 31.3 Å². The van der Waals surface area contributed by atoms with Gasteiger partial charge in [-0.2, -0.15) is 0 Å². The van der Waals surface area contributed by atoms with Gasteiger partial charge in [-0.25, -0.2) is 4.39 Å². The fraction of sp³-hybridized carbons (Fsp3) is 0.214. The number of benzene rings is 3. The highest BCUT2D eigenvalue weighted by molar-refractivity contribution is 5.84. The number of halogens is 1. The molecule has 0 atom stereocenters. The molecule has 4 nitrogen and oxygen atoms in total. The molecule has 3 aromatic carbocycles. The molecule has 0 aliphatic carbocycles. The Morgan fingerprint density at radius 2 is 1.85 bits per heavy atom. The van der Waals surface area contributed by atoms with Crippen molar-refractivity contribution in [2.45, 2.75) is 33.3 Å². The van der Waals surface area contributed by atoms with E-state index in [2.05, 4.69) is 49.3 Å². The Labute approximate surface area is 194 Å². The molecule has 0 radical (unpaired) electrons. The molecule has 33 heavy (non-hydrogen) atoms. The largest absolute Gasteiger partial charge is 0.486 e. The summed E-state index contributed by atoms with van der Waals surface area (Å²) in [5.41, 5.74) is 5.24. The maximum Gasteiger partial charge on any atom is 0.165 e. The predicted molar refractivity (Wildman–Crippen MR) is 133 cm³/mol. The van der Waals surface area contributed by atoms with Crippen LogP contribution in [-0.2, 0) is 6.61 Å². The van der Waals surface area contributed by atoms with Crippen LogP contribution in [0.3, 0.4) is 0 Å². The standard InChI is InChI=1S/C17H12FNO2.C11H17N/c18-16-6-5-12(10-20)7-17(16)21-11-14-9-19-8-13-3-1-2-4-15(13)14;1-8(2)11-6-5-10(12-4)7-9(11)3/h1-10H,11H2;5-8,12H,1-4H3. The molecule has 0 saturated carbocycles. The van der Waals surface area contributed by atoms with E-state index >= 15 is 0 Å². The number of fused-ring (bicyclic) bond motifs is 1. The van der Waals surface area contributed by atoms with Crippen molar-refractivity contribution in [3.05, 3.63) is 101 Å². The van der Waals surface area contributed by atoms with Gasteiger partial charge in [-0.15, -0.1) is 0 Å². The van der Waals surface area contributed by atoms with Crippen molar-refractivity contribution < 1.29 is 13.9 Å². The van der Waals surface area contributed by atoms with Crippen LogP contribution >= 0.6 is 0 Å². The number of aryl methyl sites for hydroxylation is 1. The van der Waals surface area contributed by atoms with Gasteiger partial charge in [0.2, 0.25) is 0 Å². The molecule has 0 aliphatic heterocycles. The third-order valence-electron chi connectivity index (χ3n) is 5.41. The van der Waals surface area contributed by atoms with E-state index < -0.39 is 5.82 Å². The zero-order valence-electron chi connectivity index (χ0n) is 19.4. The molecule has 1 aromatic heterocycles. The Balaban J connectivity index is 0.000000218. The Morgan fingerprint density at radius 3 is 2.55 bits per heavy atom. The van der Waals surface area contributed by atoms with Crippen molar-refractivity contribution in [1.29, 1.82) is 0 Å². The first-order valence-corrected chi connectivity index (χ1v) is 10.9. The van der Waals surface area contributed by atoms with E-state index in [9.17, 15) is 9.18 Å². The molecule has 0 unspecified atom stereocenters. The maximum absolute atomic E-state index is 13.7.